The molecule has 0 spiro atoms. The van der Waals surface area contributed by atoms with Gasteiger partial charge < -0.3 is 16.6 Å². The van der Waals surface area contributed by atoms with Gasteiger partial charge in [-0.15, -0.1) is 0 Å². The quantitative estimate of drug-likeness (QED) is 0.641. The summed E-state index contributed by atoms with van der Waals surface area (Å²) in [7, 11) is 0. The highest BCUT2D eigenvalue weighted by Crippen LogP contribution is 2.15. The van der Waals surface area contributed by atoms with E-state index in [1.54, 1.807) is 0 Å². The van der Waals surface area contributed by atoms with E-state index in [4.69, 9.17) is 11.5 Å². The molecule has 0 aliphatic rings. The third kappa shape index (κ3) is 3.53. The maximum Gasteiger partial charge on any atom is 0.0580 e. The van der Waals surface area contributed by atoms with Gasteiger partial charge in [-0.3, -0.25) is 0 Å². The van der Waals surface area contributed by atoms with Crippen molar-refractivity contribution in [2.45, 2.75) is 38.8 Å². The average molecular weight is 208 g/mol. The van der Waals surface area contributed by atoms with E-state index in [9.17, 15) is 5.11 Å². The highest BCUT2D eigenvalue weighted by Gasteiger charge is 2.05. The van der Waals surface area contributed by atoms with Crippen LogP contribution in [-0.2, 0) is 13.0 Å². The summed E-state index contributed by atoms with van der Waals surface area (Å²) >= 11 is 0. The topological polar surface area (TPSA) is 72.3 Å². The van der Waals surface area contributed by atoms with Crippen LogP contribution >= 0.6 is 0 Å². The largest absolute Gasteiger partial charge is 0.398 e. The third-order valence-corrected chi connectivity index (χ3v) is 2.52. The van der Waals surface area contributed by atoms with Crippen molar-refractivity contribution in [2.24, 2.45) is 5.73 Å². The van der Waals surface area contributed by atoms with E-state index in [2.05, 4.69) is 6.92 Å². The van der Waals surface area contributed by atoms with E-state index in [1.807, 2.05) is 18.2 Å². The van der Waals surface area contributed by atoms with Gasteiger partial charge in [0.25, 0.3) is 0 Å². The van der Waals surface area contributed by atoms with Gasteiger partial charge in [0.05, 0.1) is 6.10 Å². The van der Waals surface area contributed by atoms with E-state index in [0.717, 1.165) is 29.7 Å². The zero-order valence-corrected chi connectivity index (χ0v) is 9.24. The number of anilines is 1. The minimum Gasteiger partial charge on any atom is -0.398 e. The van der Waals surface area contributed by atoms with E-state index < -0.39 is 0 Å². The van der Waals surface area contributed by atoms with Crippen molar-refractivity contribution in [3.8, 4) is 0 Å². The lowest BCUT2D eigenvalue weighted by molar-refractivity contribution is 0.164. The van der Waals surface area contributed by atoms with E-state index >= 15 is 0 Å². The van der Waals surface area contributed by atoms with Crippen LogP contribution in [0.2, 0.25) is 0 Å². The molecule has 0 fully saturated rings. The molecule has 0 aromatic heterocycles. The summed E-state index contributed by atoms with van der Waals surface area (Å²) in [5, 5.41) is 9.67. The lowest BCUT2D eigenvalue weighted by Crippen LogP contribution is -2.11. The summed E-state index contributed by atoms with van der Waals surface area (Å²) in [6.07, 6.45) is 2.26. The minimum absolute atomic E-state index is 0.260. The first-order chi connectivity index (χ1) is 7.17. The summed E-state index contributed by atoms with van der Waals surface area (Å²) in [4.78, 5) is 0. The Morgan fingerprint density at radius 2 is 2.13 bits per heavy atom. The van der Waals surface area contributed by atoms with Crippen LogP contribution in [-0.4, -0.2) is 11.2 Å². The molecular weight excluding hydrogens is 188 g/mol. The molecule has 1 aromatic rings. The van der Waals surface area contributed by atoms with Gasteiger partial charge in [0, 0.05) is 12.2 Å². The summed E-state index contributed by atoms with van der Waals surface area (Å²) in [5.41, 5.74) is 14.1. The second kappa shape index (κ2) is 5.73. The number of aliphatic hydroxyl groups is 1. The number of rotatable bonds is 5. The lowest BCUT2D eigenvalue weighted by Gasteiger charge is -2.11. The number of aliphatic hydroxyl groups excluding tert-OH is 1. The van der Waals surface area contributed by atoms with E-state index in [1.165, 1.54) is 0 Å². The molecule has 0 amide bonds. The van der Waals surface area contributed by atoms with E-state index in [0.29, 0.717) is 13.0 Å². The monoisotopic (exact) mass is 208 g/mol. The van der Waals surface area contributed by atoms with Crippen molar-refractivity contribution < 1.29 is 5.11 Å². The van der Waals surface area contributed by atoms with Crippen LogP contribution in [0.25, 0.3) is 0 Å². The van der Waals surface area contributed by atoms with Crippen LogP contribution < -0.4 is 11.5 Å². The van der Waals surface area contributed by atoms with Gasteiger partial charge in [-0.2, -0.15) is 0 Å². The second-order valence-corrected chi connectivity index (χ2v) is 3.88. The fraction of sp³-hybridized carbons (Fsp3) is 0.500. The Kier molecular flexibility index (Phi) is 4.59. The Morgan fingerprint density at radius 1 is 1.40 bits per heavy atom. The Hall–Kier alpha value is -1.06. The van der Waals surface area contributed by atoms with Crippen molar-refractivity contribution in [3.63, 3.8) is 0 Å². The van der Waals surface area contributed by atoms with Crippen LogP contribution in [0.4, 0.5) is 5.69 Å². The molecule has 0 heterocycles. The first kappa shape index (κ1) is 12.0. The van der Waals surface area contributed by atoms with Crippen molar-refractivity contribution in [2.75, 3.05) is 5.73 Å². The molecule has 0 saturated carbocycles. The molecule has 5 N–H and O–H groups in total. The first-order valence-electron chi connectivity index (χ1n) is 5.42. The predicted octanol–water partition coefficient (Wildman–Crippen LogP) is 1.43. The molecule has 0 bridgehead atoms. The number of hydrogen-bond acceptors (Lipinski definition) is 3. The van der Waals surface area contributed by atoms with Gasteiger partial charge in [-0.05, 0) is 30.0 Å². The normalized spacial score (nSPS) is 12.7. The smallest absolute Gasteiger partial charge is 0.0580 e. The molecule has 0 saturated heterocycles. The Bertz CT molecular complexity index is 312. The zero-order valence-electron chi connectivity index (χ0n) is 9.24. The molecule has 3 nitrogen and oxygen atoms in total. The van der Waals surface area contributed by atoms with Gasteiger partial charge in [-0.25, -0.2) is 0 Å². The molecule has 1 atom stereocenters. The maximum absolute atomic E-state index is 9.67. The molecule has 15 heavy (non-hydrogen) atoms. The van der Waals surface area contributed by atoms with Gasteiger partial charge in [0.1, 0.15) is 0 Å². The Labute approximate surface area is 91.1 Å². The van der Waals surface area contributed by atoms with Gasteiger partial charge in [0.15, 0.2) is 0 Å². The van der Waals surface area contributed by atoms with Gasteiger partial charge in [-0.1, -0.05) is 25.5 Å². The Morgan fingerprint density at radius 3 is 2.73 bits per heavy atom. The maximum atomic E-state index is 9.67. The summed E-state index contributed by atoms with van der Waals surface area (Å²) in [5.74, 6) is 0. The van der Waals surface area contributed by atoms with Crippen LogP contribution in [0.1, 0.15) is 30.9 Å². The van der Waals surface area contributed by atoms with Gasteiger partial charge >= 0.3 is 0 Å². The molecule has 1 rings (SSSR count). The Balaban J connectivity index is 2.69. The SMILES string of the molecule is CCCC(O)Cc1ccc(N)c(CN)c1. The number of nitrogens with two attached hydrogens (primary N) is 2. The molecule has 1 unspecified atom stereocenters. The summed E-state index contributed by atoms with van der Waals surface area (Å²) < 4.78 is 0. The van der Waals surface area contributed by atoms with E-state index in [-0.39, 0.29) is 6.10 Å². The van der Waals surface area contributed by atoms with Crippen molar-refractivity contribution >= 4 is 5.69 Å². The second-order valence-electron chi connectivity index (χ2n) is 3.88. The molecule has 0 aliphatic carbocycles. The highest BCUT2D eigenvalue weighted by molar-refractivity contribution is 5.48. The van der Waals surface area contributed by atoms with Crippen LogP contribution in [0.5, 0.6) is 0 Å². The minimum atomic E-state index is -0.260. The van der Waals surface area contributed by atoms with Crippen molar-refractivity contribution in [3.05, 3.63) is 29.3 Å². The molecule has 1 aromatic carbocycles. The predicted molar refractivity (Wildman–Crippen MR) is 63.4 cm³/mol. The van der Waals surface area contributed by atoms with Crippen molar-refractivity contribution in [1.82, 2.24) is 0 Å². The molecule has 0 radical (unpaired) electrons. The third-order valence-electron chi connectivity index (χ3n) is 2.52. The summed E-state index contributed by atoms with van der Waals surface area (Å²) in [6, 6.07) is 5.79. The molecule has 3 heteroatoms. The van der Waals surface area contributed by atoms with Gasteiger partial charge in [0.2, 0.25) is 0 Å². The summed E-state index contributed by atoms with van der Waals surface area (Å²) in [6.45, 7) is 2.51. The number of nitrogen functional groups attached to an aromatic ring is 1. The first-order valence-corrected chi connectivity index (χ1v) is 5.42. The number of hydrogen-bond donors (Lipinski definition) is 3. The highest BCUT2D eigenvalue weighted by atomic mass is 16.3. The van der Waals surface area contributed by atoms with Crippen LogP contribution in [0.15, 0.2) is 18.2 Å². The zero-order chi connectivity index (χ0) is 11.3. The van der Waals surface area contributed by atoms with Crippen LogP contribution in [0.3, 0.4) is 0 Å². The fourth-order valence-electron chi connectivity index (χ4n) is 1.67. The average Bonchev–Trinajstić information content (AvgIpc) is 2.21. The van der Waals surface area contributed by atoms with Crippen molar-refractivity contribution in [1.29, 1.82) is 0 Å². The molecule has 84 valence electrons. The number of benzene rings is 1. The van der Waals surface area contributed by atoms with Crippen LogP contribution in [0, 0.1) is 0 Å². The lowest BCUT2D eigenvalue weighted by atomic mass is 10.0. The molecular formula is C12H20N2O. The standard InChI is InChI=1S/C12H20N2O/c1-2-3-11(15)7-9-4-5-12(14)10(6-9)8-13/h4-6,11,15H,2-3,7-8,13-14H2,1H3. The fourth-order valence-corrected chi connectivity index (χ4v) is 1.67. The molecule has 0 aliphatic heterocycles.